The van der Waals surface area contributed by atoms with Gasteiger partial charge in [-0.2, -0.15) is 0 Å². The molecule has 0 saturated carbocycles. The maximum Gasteiger partial charge on any atom is 0.292 e. The highest BCUT2D eigenvalue weighted by atomic mass is 16.5. The van der Waals surface area contributed by atoms with Gasteiger partial charge in [-0.05, 0) is 43.3 Å². The standard InChI is InChI=1S/C23H25N3O4/c1-16(27)17-7-9-18(10-8-17)26-22(28)15-20(23(26)29)25-13-11-24(12-14-25)19-5-3-4-6-21(19)30-2/h3-10,20H,11-15H2,1-2H3/p+1/t20-/m0/s1. The summed E-state index contributed by atoms with van der Waals surface area (Å²) in [6.45, 7) is 4.63. The summed E-state index contributed by atoms with van der Waals surface area (Å²) in [5, 5.41) is 0. The zero-order chi connectivity index (χ0) is 21.3. The first-order chi connectivity index (χ1) is 14.5. The first kappa shape index (κ1) is 20.1. The van der Waals surface area contributed by atoms with Crippen molar-refractivity contribution in [2.24, 2.45) is 0 Å². The number of amides is 2. The number of carbonyl (C=O) groups is 3. The molecular weight excluding hydrogens is 382 g/mol. The molecular formula is C23H26N3O4+. The van der Waals surface area contributed by atoms with Crippen LogP contribution in [0.1, 0.15) is 23.7 Å². The van der Waals surface area contributed by atoms with E-state index >= 15 is 0 Å². The summed E-state index contributed by atoms with van der Waals surface area (Å²) < 4.78 is 5.47. The Kier molecular flexibility index (Phi) is 5.55. The van der Waals surface area contributed by atoms with Crippen molar-refractivity contribution in [2.75, 3.05) is 43.1 Å². The second-order valence-corrected chi connectivity index (χ2v) is 7.74. The minimum Gasteiger partial charge on any atom is -0.495 e. The Morgan fingerprint density at radius 2 is 1.70 bits per heavy atom. The van der Waals surface area contributed by atoms with Gasteiger partial charge < -0.3 is 14.5 Å². The van der Waals surface area contributed by atoms with Gasteiger partial charge >= 0.3 is 0 Å². The normalized spacial score (nSPS) is 20.0. The van der Waals surface area contributed by atoms with E-state index in [2.05, 4.69) is 4.90 Å². The fraction of sp³-hybridized carbons (Fsp3) is 0.348. The molecule has 30 heavy (non-hydrogen) atoms. The number of hydrogen-bond donors (Lipinski definition) is 1. The monoisotopic (exact) mass is 408 g/mol. The number of nitrogens with zero attached hydrogens (tertiary/aromatic N) is 2. The van der Waals surface area contributed by atoms with Crippen LogP contribution >= 0.6 is 0 Å². The van der Waals surface area contributed by atoms with Crippen molar-refractivity contribution in [1.82, 2.24) is 0 Å². The summed E-state index contributed by atoms with van der Waals surface area (Å²) in [7, 11) is 1.67. The van der Waals surface area contributed by atoms with Crippen LogP contribution in [-0.2, 0) is 9.59 Å². The van der Waals surface area contributed by atoms with E-state index in [4.69, 9.17) is 4.74 Å². The summed E-state index contributed by atoms with van der Waals surface area (Å²) in [5.74, 6) is 0.459. The third kappa shape index (κ3) is 3.68. The molecule has 0 spiro atoms. The molecule has 2 aromatic rings. The van der Waals surface area contributed by atoms with Crippen LogP contribution in [0.25, 0.3) is 0 Å². The van der Waals surface area contributed by atoms with Crippen LogP contribution in [0.3, 0.4) is 0 Å². The van der Waals surface area contributed by atoms with E-state index in [1.807, 2.05) is 24.3 Å². The Morgan fingerprint density at radius 1 is 1.03 bits per heavy atom. The molecule has 0 aromatic heterocycles. The van der Waals surface area contributed by atoms with Crippen molar-refractivity contribution in [3.05, 3.63) is 54.1 Å². The quantitative estimate of drug-likeness (QED) is 0.589. The average molecular weight is 408 g/mol. The maximum atomic E-state index is 13.1. The van der Waals surface area contributed by atoms with Crippen molar-refractivity contribution in [2.45, 2.75) is 19.4 Å². The molecule has 0 unspecified atom stereocenters. The Bertz CT molecular complexity index is 965. The maximum absolute atomic E-state index is 13.1. The largest absolute Gasteiger partial charge is 0.495 e. The molecule has 156 valence electrons. The highest BCUT2D eigenvalue weighted by molar-refractivity contribution is 6.22. The zero-order valence-electron chi connectivity index (χ0n) is 17.3. The lowest BCUT2D eigenvalue weighted by Gasteiger charge is -2.36. The van der Waals surface area contributed by atoms with Crippen molar-refractivity contribution >= 4 is 29.0 Å². The number of anilines is 2. The van der Waals surface area contributed by atoms with Crippen LogP contribution in [0.15, 0.2) is 48.5 Å². The van der Waals surface area contributed by atoms with E-state index in [0.717, 1.165) is 42.5 Å². The minimum absolute atomic E-state index is 0.0455. The molecule has 1 atom stereocenters. The van der Waals surface area contributed by atoms with E-state index in [1.54, 1.807) is 31.4 Å². The topological polar surface area (TPSA) is 71.4 Å². The molecule has 0 aliphatic carbocycles. The number of benzene rings is 2. The lowest BCUT2D eigenvalue weighted by molar-refractivity contribution is -0.915. The smallest absolute Gasteiger partial charge is 0.292 e. The second kappa shape index (κ2) is 8.28. The van der Waals surface area contributed by atoms with E-state index in [0.29, 0.717) is 11.3 Å². The number of para-hydroxylation sites is 2. The number of rotatable bonds is 5. The van der Waals surface area contributed by atoms with Crippen molar-refractivity contribution < 1.29 is 24.0 Å². The number of carbonyl (C=O) groups excluding carboxylic acids is 3. The number of nitrogens with one attached hydrogen (secondary N) is 1. The summed E-state index contributed by atoms with van der Waals surface area (Å²) in [6, 6.07) is 14.2. The molecule has 2 amide bonds. The fourth-order valence-electron chi connectivity index (χ4n) is 4.34. The fourth-order valence-corrected chi connectivity index (χ4v) is 4.34. The molecule has 7 heteroatoms. The van der Waals surface area contributed by atoms with Crippen LogP contribution < -0.4 is 19.4 Å². The number of hydrogen-bond acceptors (Lipinski definition) is 5. The van der Waals surface area contributed by atoms with E-state index in [9.17, 15) is 14.4 Å². The molecule has 0 radical (unpaired) electrons. The minimum atomic E-state index is -0.357. The first-order valence-corrected chi connectivity index (χ1v) is 10.2. The molecule has 2 fully saturated rings. The molecule has 2 aliphatic heterocycles. The zero-order valence-corrected chi connectivity index (χ0v) is 17.3. The molecule has 2 saturated heterocycles. The predicted molar refractivity (Wildman–Crippen MR) is 113 cm³/mol. The summed E-state index contributed by atoms with van der Waals surface area (Å²) >= 11 is 0. The molecule has 2 heterocycles. The van der Waals surface area contributed by atoms with Crippen LogP contribution in [0, 0.1) is 0 Å². The Balaban J connectivity index is 1.44. The lowest BCUT2D eigenvalue weighted by Crippen LogP contribution is -3.19. The number of ketones is 1. The van der Waals surface area contributed by atoms with Crippen molar-refractivity contribution in [3.63, 3.8) is 0 Å². The number of Topliss-reactive ketones (excluding diaryl/α,β-unsaturated/α-hetero) is 1. The van der Waals surface area contributed by atoms with Gasteiger partial charge in [0.05, 0.1) is 51.1 Å². The van der Waals surface area contributed by atoms with Crippen molar-refractivity contribution in [1.29, 1.82) is 0 Å². The number of ether oxygens (including phenoxy) is 1. The number of imide groups is 1. The van der Waals surface area contributed by atoms with Crippen LogP contribution in [-0.4, -0.2) is 56.9 Å². The molecule has 2 aliphatic rings. The van der Waals surface area contributed by atoms with Gasteiger partial charge in [0, 0.05) is 5.56 Å². The SMILES string of the molecule is COc1ccccc1N1CC[NH+]([C@H]2CC(=O)N(c3ccc(C(C)=O)cc3)C2=O)CC1. The Labute approximate surface area is 175 Å². The van der Waals surface area contributed by atoms with Gasteiger partial charge in [-0.15, -0.1) is 0 Å². The van der Waals surface area contributed by atoms with E-state index in [1.165, 1.54) is 11.8 Å². The summed E-state index contributed by atoms with van der Waals surface area (Å²) in [6.07, 6.45) is 0.220. The van der Waals surface area contributed by atoms with Gasteiger partial charge in [0.15, 0.2) is 11.8 Å². The van der Waals surface area contributed by atoms with Gasteiger partial charge in [-0.25, -0.2) is 4.90 Å². The van der Waals surface area contributed by atoms with Crippen LogP contribution in [0.5, 0.6) is 5.75 Å². The highest BCUT2D eigenvalue weighted by Gasteiger charge is 2.46. The van der Waals surface area contributed by atoms with Gasteiger partial charge in [-0.1, -0.05) is 12.1 Å². The number of quaternary nitrogens is 1. The molecule has 7 nitrogen and oxygen atoms in total. The number of methoxy groups -OCH3 is 1. The first-order valence-electron chi connectivity index (χ1n) is 10.2. The van der Waals surface area contributed by atoms with E-state index < -0.39 is 0 Å². The Morgan fingerprint density at radius 3 is 2.33 bits per heavy atom. The lowest BCUT2D eigenvalue weighted by atomic mass is 10.1. The van der Waals surface area contributed by atoms with Gasteiger partial charge in [0.25, 0.3) is 5.91 Å². The van der Waals surface area contributed by atoms with Crippen LogP contribution in [0.2, 0.25) is 0 Å². The summed E-state index contributed by atoms with van der Waals surface area (Å²) in [5.41, 5.74) is 2.15. The molecule has 2 aromatic carbocycles. The van der Waals surface area contributed by atoms with Gasteiger partial charge in [0.2, 0.25) is 5.91 Å². The molecule has 0 bridgehead atoms. The highest BCUT2D eigenvalue weighted by Crippen LogP contribution is 2.28. The van der Waals surface area contributed by atoms with Crippen molar-refractivity contribution in [3.8, 4) is 5.75 Å². The second-order valence-electron chi connectivity index (χ2n) is 7.74. The molecule has 1 N–H and O–H groups in total. The molecule has 4 rings (SSSR count). The average Bonchev–Trinajstić information content (AvgIpc) is 3.07. The predicted octanol–water partition coefficient (Wildman–Crippen LogP) is 0.935. The summed E-state index contributed by atoms with van der Waals surface area (Å²) in [4.78, 5) is 41.8. The van der Waals surface area contributed by atoms with Gasteiger partial charge in [-0.3, -0.25) is 14.4 Å². The number of piperazine rings is 1. The Hall–Kier alpha value is -3.19. The third-order valence-corrected chi connectivity index (χ3v) is 6.00. The van der Waals surface area contributed by atoms with Crippen LogP contribution in [0.4, 0.5) is 11.4 Å². The van der Waals surface area contributed by atoms with E-state index in [-0.39, 0.29) is 30.1 Å². The van der Waals surface area contributed by atoms with Gasteiger partial charge in [0.1, 0.15) is 5.75 Å². The third-order valence-electron chi connectivity index (χ3n) is 6.00.